The van der Waals surface area contributed by atoms with E-state index in [9.17, 15) is 0 Å². The van der Waals surface area contributed by atoms with Gasteiger partial charge in [-0.3, -0.25) is 0 Å². The average Bonchev–Trinajstić information content (AvgIpc) is 2.06. The summed E-state index contributed by atoms with van der Waals surface area (Å²) >= 11 is 0. The minimum Gasteiger partial charge on any atom is -0.328 e. The van der Waals surface area contributed by atoms with Crippen LogP contribution in [0.1, 0.15) is 52.4 Å². The van der Waals surface area contributed by atoms with Crippen molar-refractivity contribution in [3.05, 3.63) is 12.2 Å². The highest BCUT2D eigenvalue weighted by atomic mass is 14.6. The van der Waals surface area contributed by atoms with Crippen molar-refractivity contribution in [2.75, 3.05) is 0 Å². The van der Waals surface area contributed by atoms with Gasteiger partial charge in [-0.15, -0.1) is 0 Å². The second-order valence-corrected chi connectivity index (χ2v) is 3.40. The van der Waals surface area contributed by atoms with Crippen LogP contribution < -0.4 is 5.73 Å². The van der Waals surface area contributed by atoms with Gasteiger partial charge in [-0.1, -0.05) is 38.3 Å². The molecule has 0 bridgehead atoms. The molecule has 0 aromatic heterocycles. The summed E-state index contributed by atoms with van der Waals surface area (Å²) in [4.78, 5) is 0. The predicted molar refractivity (Wildman–Crippen MR) is 56.2 cm³/mol. The normalized spacial score (nSPS) is 13.9. The van der Waals surface area contributed by atoms with E-state index in [-0.39, 0.29) is 0 Å². The average molecular weight is 169 g/mol. The lowest BCUT2D eigenvalue weighted by Gasteiger charge is -2.08. The molecule has 0 saturated heterocycles. The zero-order valence-corrected chi connectivity index (χ0v) is 8.55. The lowest BCUT2D eigenvalue weighted by Crippen LogP contribution is -2.19. The third kappa shape index (κ3) is 7.80. The highest BCUT2D eigenvalue weighted by Crippen LogP contribution is 2.06. The molecule has 0 aliphatic heterocycles. The van der Waals surface area contributed by atoms with Crippen molar-refractivity contribution in [3.63, 3.8) is 0 Å². The smallest absolute Gasteiger partial charge is 0.00417 e. The Bertz CT molecular complexity index is 108. The van der Waals surface area contributed by atoms with E-state index in [1.807, 2.05) is 0 Å². The van der Waals surface area contributed by atoms with Crippen molar-refractivity contribution in [2.24, 2.45) is 5.73 Å². The summed E-state index contributed by atoms with van der Waals surface area (Å²) in [5.74, 6) is 0. The number of allylic oxidation sites excluding steroid dienone is 2. The molecule has 0 aliphatic rings. The van der Waals surface area contributed by atoms with Crippen molar-refractivity contribution < 1.29 is 0 Å². The summed E-state index contributed by atoms with van der Waals surface area (Å²) in [6.07, 6.45) is 11.7. The van der Waals surface area contributed by atoms with Crippen LogP contribution in [0.25, 0.3) is 0 Å². The van der Waals surface area contributed by atoms with Crippen LogP contribution in [0.15, 0.2) is 12.2 Å². The lowest BCUT2D eigenvalue weighted by atomic mass is 10.0. The third-order valence-corrected chi connectivity index (χ3v) is 2.12. The fourth-order valence-electron chi connectivity index (χ4n) is 1.28. The van der Waals surface area contributed by atoms with E-state index in [4.69, 9.17) is 5.73 Å². The van der Waals surface area contributed by atoms with Gasteiger partial charge >= 0.3 is 0 Å². The summed E-state index contributed by atoms with van der Waals surface area (Å²) in [5.41, 5.74) is 5.92. The topological polar surface area (TPSA) is 26.0 Å². The fourth-order valence-corrected chi connectivity index (χ4v) is 1.28. The summed E-state index contributed by atoms with van der Waals surface area (Å²) in [6, 6.07) is 0.424. The number of hydrogen-bond donors (Lipinski definition) is 1. The standard InChI is InChI=1S/C11H23N/c1-3-5-7-9-11(12)10-8-6-4-2/h3,5,11H,4,6-10,12H2,1-2H3/b5-3-. The zero-order valence-electron chi connectivity index (χ0n) is 8.55. The van der Waals surface area contributed by atoms with Crippen LogP contribution in [0.3, 0.4) is 0 Å². The molecule has 12 heavy (non-hydrogen) atoms. The summed E-state index contributed by atoms with van der Waals surface area (Å²) in [6.45, 7) is 4.29. The molecule has 0 amide bonds. The maximum Gasteiger partial charge on any atom is 0.00417 e. The van der Waals surface area contributed by atoms with Crippen molar-refractivity contribution in [2.45, 2.75) is 58.4 Å². The first kappa shape index (κ1) is 11.7. The second kappa shape index (κ2) is 8.79. The van der Waals surface area contributed by atoms with Gasteiger partial charge in [0.15, 0.2) is 0 Å². The van der Waals surface area contributed by atoms with Gasteiger partial charge in [-0.05, 0) is 26.2 Å². The molecule has 0 heterocycles. The van der Waals surface area contributed by atoms with Gasteiger partial charge in [-0.2, -0.15) is 0 Å². The molecular weight excluding hydrogens is 146 g/mol. The first-order valence-electron chi connectivity index (χ1n) is 5.18. The zero-order chi connectivity index (χ0) is 9.23. The fraction of sp³-hybridized carbons (Fsp3) is 0.818. The second-order valence-electron chi connectivity index (χ2n) is 3.40. The third-order valence-electron chi connectivity index (χ3n) is 2.12. The molecule has 0 aliphatic carbocycles. The van der Waals surface area contributed by atoms with Crippen molar-refractivity contribution in [1.29, 1.82) is 0 Å². The molecule has 0 spiro atoms. The van der Waals surface area contributed by atoms with E-state index < -0.39 is 0 Å². The van der Waals surface area contributed by atoms with Crippen LogP contribution in [-0.4, -0.2) is 6.04 Å². The minimum absolute atomic E-state index is 0.424. The van der Waals surface area contributed by atoms with E-state index in [1.54, 1.807) is 0 Å². The molecular formula is C11H23N. The number of unbranched alkanes of at least 4 members (excludes halogenated alkanes) is 2. The van der Waals surface area contributed by atoms with E-state index in [2.05, 4.69) is 26.0 Å². The van der Waals surface area contributed by atoms with E-state index in [1.165, 1.54) is 25.7 Å². The highest BCUT2D eigenvalue weighted by Gasteiger charge is 1.99. The van der Waals surface area contributed by atoms with Crippen LogP contribution in [0.4, 0.5) is 0 Å². The molecule has 1 unspecified atom stereocenters. The Labute approximate surface area is 77.0 Å². The molecule has 1 atom stereocenters. The Kier molecular flexibility index (Phi) is 8.57. The first-order valence-corrected chi connectivity index (χ1v) is 5.18. The summed E-state index contributed by atoms with van der Waals surface area (Å²) in [5, 5.41) is 0. The molecule has 0 saturated carbocycles. The van der Waals surface area contributed by atoms with Crippen LogP contribution in [0.2, 0.25) is 0 Å². The van der Waals surface area contributed by atoms with Gasteiger partial charge in [0.2, 0.25) is 0 Å². The number of hydrogen-bond acceptors (Lipinski definition) is 1. The Balaban J connectivity index is 3.15. The van der Waals surface area contributed by atoms with Crippen LogP contribution in [0, 0.1) is 0 Å². The molecule has 72 valence electrons. The monoisotopic (exact) mass is 169 g/mol. The Morgan fingerprint density at radius 2 is 2.00 bits per heavy atom. The van der Waals surface area contributed by atoms with Gasteiger partial charge in [-0.25, -0.2) is 0 Å². The van der Waals surface area contributed by atoms with E-state index in [0.29, 0.717) is 6.04 Å². The van der Waals surface area contributed by atoms with E-state index >= 15 is 0 Å². The van der Waals surface area contributed by atoms with Crippen molar-refractivity contribution in [3.8, 4) is 0 Å². The molecule has 0 rings (SSSR count). The molecule has 0 radical (unpaired) electrons. The Morgan fingerprint density at radius 3 is 2.58 bits per heavy atom. The molecule has 1 heteroatoms. The molecule has 0 aromatic carbocycles. The quantitative estimate of drug-likeness (QED) is 0.459. The Hall–Kier alpha value is -0.300. The van der Waals surface area contributed by atoms with Crippen LogP contribution in [0.5, 0.6) is 0 Å². The van der Waals surface area contributed by atoms with Gasteiger partial charge in [0.25, 0.3) is 0 Å². The lowest BCUT2D eigenvalue weighted by molar-refractivity contribution is 0.533. The van der Waals surface area contributed by atoms with Gasteiger partial charge in [0.05, 0.1) is 0 Å². The first-order chi connectivity index (χ1) is 5.81. The predicted octanol–water partition coefficient (Wildman–Crippen LogP) is 3.25. The summed E-state index contributed by atoms with van der Waals surface area (Å²) in [7, 11) is 0. The Morgan fingerprint density at radius 1 is 1.25 bits per heavy atom. The van der Waals surface area contributed by atoms with E-state index in [0.717, 1.165) is 12.8 Å². The molecule has 0 aromatic rings. The highest BCUT2D eigenvalue weighted by molar-refractivity contribution is 4.78. The SMILES string of the molecule is C/C=C\CCC(N)CCCCC. The van der Waals surface area contributed by atoms with Crippen molar-refractivity contribution in [1.82, 2.24) is 0 Å². The molecule has 1 nitrogen and oxygen atoms in total. The number of rotatable bonds is 7. The molecule has 0 fully saturated rings. The van der Waals surface area contributed by atoms with Gasteiger partial charge in [0, 0.05) is 6.04 Å². The summed E-state index contributed by atoms with van der Waals surface area (Å²) < 4.78 is 0. The van der Waals surface area contributed by atoms with Gasteiger partial charge in [0.1, 0.15) is 0 Å². The van der Waals surface area contributed by atoms with Crippen molar-refractivity contribution >= 4 is 0 Å². The maximum absolute atomic E-state index is 5.92. The minimum atomic E-state index is 0.424. The number of nitrogens with two attached hydrogens (primary N) is 1. The van der Waals surface area contributed by atoms with Crippen LogP contribution in [-0.2, 0) is 0 Å². The van der Waals surface area contributed by atoms with Crippen LogP contribution >= 0.6 is 0 Å². The molecule has 2 N–H and O–H groups in total. The maximum atomic E-state index is 5.92. The van der Waals surface area contributed by atoms with Gasteiger partial charge < -0.3 is 5.73 Å². The largest absolute Gasteiger partial charge is 0.328 e.